The lowest BCUT2D eigenvalue weighted by Crippen LogP contribution is -2.12. The molecule has 16 heavy (non-hydrogen) atoms. The molecule has 1 aromatic heterocycles. The van der Waals surface area contributed by atoms with Gasteiger partial charge in [0.2, 0.25) is 0 Å². The normalized spacial score (nSPS) is 15.2. The zero-order valence-corrected chi connectivity index (χ0v) is 9.29. The number of carbonyl (C=O) groups excluding carboxylic acids is 1. The van der Waals surface area contributed by atoms with Gasteiger partial charge in [-0.3, -0.25) is 4.79 Å². The number of ketones is 1. The zero-order chi connectivity index (χ0) is 11.1. The van der Waals surface area contributed by atoms with Crippen LogP contribution in [0.25, 0.3) is 10.9 Å². The minimum absolute atomic E-state index is 0.198. The summed E-state index contributed by atoms with van der Waals surface area (Å²) in [6, 6.07) is 8.28. The Bertz CT molecular complexity index is 587. The van der Waals surface area contributed by atoms with Crippen LogP contribution in [0.3, 0.4) is 0 Å². The van der Waals surface area contributed by atoms with Gasteiger partial charge >= 0.3 is 0 Å². The van der Waals surface area contributed by atoms with Crippen LogP contribution in [-0.4, -0.2) is 10.8 Å². The van der Waals surface area contributed by atoms with E-state index in [4.69, 9.17) is 0 Å². The van der Waals surface area contributed by atoms with E-state index in [1.54, 1.807) is 0 Å². The number of hydrogen-bond donors (Lipinski definition) is 0. The largest absolute Gasteiger partial charge is 0.292 e. The van der Waals surface area contributed by atoms with Crippen LogP contribution >= 0.6 is 0 Å². The standard InChI is InChI=1S/C14H13NO/c1-9-5-6-12-11(7-9)8-10-3-2-4-13(16)14(10)15-12/h5-8H,2-4H2,1H3. The summed E-state index contributed by atoms with van der Waals surface area (Å²) in [7, 11) is 0. The molecule has 0 saturated carbocycles. The van der Waals surface area contributed by atoms with Gasteiger partial charge in [0.05, 0.1) is 5.52 Å². The van der Waals surface area contributed by atoms with Crippen molar-refractivity contribution in [2.75, 3.05) is 0 Å². The van der Waals surface area contributed by atoms with E-state index < -0.39 is 0 Å². The van der Waals surface area contributed by atoms with Gasteiger partial charge in [-0.25, -0.2) is 4.98 Å². The molecule has 0 spiro atoms. The average molecular weight is 211 g/mol. The monoisotopic (exact) mass is 211 g/mol. The molecule has 2 heteroatoms. The fraction of sp³-hybridized carbons (Fsp3) is 0.286. The van der Waals surface area contributed by atoms with E-state index in [2.05, 4.69) is 24.0 Å². The predicted octanol–water partition coefficient (Wildman–Crippen LogP) is 3.06. The summed E-state index contributed by atoms with van der Waals surface area (Å²) >= 11 is 0. The highest BCUT2D eigenvalue weighted by Gasteiger charge is 2.19. The summed E-state index contributed by atoms with van der Waals surface area (Å²) in [4.78, 5) is 16.2. The van der Waals surface area contributed by atoms with Crippen LogP contribution in [0.1, 0.15) is 34.5 Å². The molecular weight excluding hydrogens is 198 g/mol. The van der Waals surface area contributed by atoms with Crippen LogP contribution in [-0.2, 0) is 6.42 Å². The molecule has 80 valence electrons. The Kier molecular flexibility index (Phi) is 2.03. The maximum absolute atomic E-state index is 11.7. The summed E-state index contributed by atoms with van der Waals surface area (Å²) in [5.41, 5.74) is 3.98. The first kappa shape index (κ1) is 9.52. The number of hydrogen-bond acceptors (Lipinski definition) is 2. The summed E-state index contributed by atoms with van der Waals surface area (Å²) in [5.74, 6) is 0.198. The highest BCUT2D eigenvalue weighted by molar-refractivity contribution is 5.99. The maximum atomic E-state index is 11.7. The van der Waals surface area contributed by atoms with Crippen molar-refractivity contribution in [1.82, 2.24) is 4.98 Å². The van der Waals surface area contributed by atoms with Crippen LogP contribution in [0.2, 0.25) is 0 Å². The number of fused-ring (bicyclic) bond motifs is 2. The second-order valence-corrected chi connectivity index (χ2v) is 4.47. The first-order valence-electron chi connectivity index (χ1n) is 5.67. The van der Waals surface area contributed by atoms with Crippen LogP contribution in [0, 0.1) is 6.92 Å². The number of benzene rings is 1. The maximum Gasteiger partial charge on any atom is 0.181 e. The van der Waals surface area contributed by atoms with Gasteiger partial charge in [0, 0.05) is 11.8 Å². The van der Waals surface area contributed by atoms with E-state index in [0.29, 0.717) is 12.1 Å². The summed E-state index contributed by atoms with van der Waals surface area (Å²) in [6.07, 6.45) is 2.60. The topological polar surface area (TPSA) is 30.0 Å². The Morgan fingerprint density at radius 2 is 2.06 bits per heavy atom. The van der Waals surface area contributed by atoms with Crippen LogP contribution in [0.5, 0.6) is 0 Å². The second kappa shape index (κ2) is 3.41. The quantitative estimate of drug-likeness (QED) is 0.670. The smallest absolute Gasteiger partial charge is 0.181 e. The molecule has 2 aromatic rings. The van der Waals surface area contributed by atoms with E-state index >= 15 is 0 Å². The third-order valence-electron chi connectivity index (χ3n) is 3.16. The molecule has 3 rings (SSSR count). The number of nitrogens with zero attached hydrogens (tertiary/aromatic N) is 1. The molecule has 0 radical (unpaired) electrons. The van der Waals surface area contributed by atoms with Gasteiger partial charge in [0.15, 0.2) is 5.78 Å². The first-order chi connectivity index (χ1) is 7.74. The molecule has 0 N–H and O–H groups in total. The molecule has 0 saturated heterocycles. The molecule has 0 aliphatic heterocycles. The Morgan fingerprint density at radius 3 is 2.94 bits per heavy atom. The van der Waals surface area contributed by atoms with E-state index in [-0.39, 0.29) is 5.78 Å². The summed E-state index contributed by atoms with van der Waals surface area (Å²) in [6.45, 7) is 2.07. The van der Waals surface area contributed by atoms with Crippen molar-refractivity contribution in [1.29, 1.82) is 0 Å². The SMILES string of the molecule is Cc1ccc2nc3c(cc2c1)CCCC3=O. The van der Waals surface area contributed by atoms with Crippen molar-refractivity contribution in [3.05, 3.63) is 41.1 Å². The molecule has 1 aliphatic rings. The number of Topliss-reactive ketones (excluding diaryl/α,β-unsaturated/α-hetero) is 1. The van der Waals surface area contributed by atoms with Gasteiger partial charge in [-0.15, -0.1) is 0 Å². The fourth-order valence-electron chi connectivity index (χ4n) is 2.33. The Balaban J connectivity index is 2.30. The van der Waals surface area contributed by atoms with E-state index in [1.165, 1.54) is 5.56 Å². The molecule has 1 aromatic carbocycles. The van der Waals surface area contributed by atoms with Gasteiger partial charge in [-0.2, -0.15) is 0 Å². The lowest BCUT2D eigenvalue weighted by Gasteiger charge is -2.14. The lowest BCUT2D eigenvalue weighted by atomic mass is 9.93. The number of rotatable bonds is 0. The number of aromatic nitrogens is 1. The van der Waals surface area contributed by atoms with Crippen LogP contribution in [0.4, 0.5) is 0 Å². The molecule has 0 bridgehead atoms. The summed E-state index contributed by atoms with van der Waals surface area (Å²) < 4.78 is 0. The average Bonchev–Trinajstić information content (AvgIpc) is 2.27. The van der Waals surface area contributed by atoms with Crippen molar-refractivity contribution >= 4 is 16.7 Å². The van der Waals surface area contributed by atoms with Crippen molar-refractivity contribution in [2.24, 2.45) is 0 Å². The minimum atomic E-state index is 0.198. The van der Waals surface area contributed by atoms with E-state index in [0.717, 1.165) is 29.3 Å². The van der Waals surface area contributed by atoms with Crippen molar-refractivity contribution in [2.45, 2.75) is 26.2 Å². The third-order valence-corrected chi connectivity index (χ3v) is 3.16. The van der Waals surface area contributed by atoms with Gasteiger partial charge in [-0.1, -0.05) is 11.6 Å². The van der Waals surface area contributed by atoms with E-state index in [1.807, 2.05) is 12.1 Å². The summed E-state index contributed by atoms with van der Waals surface area (Å²) in [5, 5.41) is 1.15. The molecule has 1 heterocycles. The Morgan fingerprint density at radius 1 is 1.19 bits per heavy atom. The van der Waals surface area contributed by atoms with E-state index in [9.17, 15) is 4.79 Å². The molecule has 2 nitrogen and oxygen atoms in total. The van der Waals surface area contributed by atoms with Gasteiger partial charge in [0.25, 0.3) is 0 Å². The minimum Gasteiger partial charge on any atom is -0.292 e. The number of pyridine rings is 1. The molecule has 1 aliphatic carbocycles. The predicted molar refractivity (Wildman–Crippen MR) is 63.7 cm³/mol. The van der Waals surface area contributed by atoms with Gasteiger partial charge in [-0.05, 0) is 43.5 Å². The first-order valence-corrected chi connectivity index (χ1v) is 5.67. The fourth-order valence-corrected chi connectivity index (χ4v) is 2.33. The third kappa shape index (κ3) is 1.42. The van der Waals surface area contributed by atoms with Gasteiger partial charge < -0.3 is 0 Å². The molecule has 0 unspecified atom stereocenters. The Labute approximate surface area is 94.3 Å². The second-order valence-electron chi connectivity index (χ2n) is 4.47. The lowest BCUT2D eigenvalue weighted by molar-refractivity contribution is 0.0967. The number of carbonyl (C=O) groups is 1. The zero-order valence-electron chi connectivity index (χ0n) is 9.29. The van der Waals surface area contributed by atoms with Crippen molar-refractivity contribution in [3.8, 4) is 0 Å². The highest BCUT2D eigenvalue weighted by Crippen LogP contribution is 2.24. The molecule has 0 fully saturated rings. The van der Waals surface area contributed by atoms with Crippen LogP contribution in [0.15, 0.2) is 24.3 Å². The molecule has 0 amide bonds. The highest BCUT2D eigenvalue weighted by atomic mass is 16.1. The van der Waals surface area contributed by atoms with Crippen molar-refractivity contribution < 1.29 is 4.79 Å². The molecular formula is C14H13NO. The number of aryl methyl sites for hydroxylation is 2. The molecule has 0 atom stereocenters. The van der Waals surface area contributed by atoms with Gasteiger partial charge in [0.1, 0.15) is 5.69 Å². The Hall–Kier alpha value is -1.70. The van der Waals surface area contributed by atoms with Crippen molar-refractivity contribution in [3.63, 3.8) is 0 Å². The van der Waals surface area contributed by atoms with Crippen LogP contribution < -0.4 is 0 Å².